The maximum Gasteiger partial charge on any atom is 0.137 e. The van der Waals surface area contributed by atoms with Gasteiger partial charge in [0.15, 0.2) is 0 Å². The second kappa shape index (κ2) is 4.76. The first-order valence-electron chi connectivity index (χ1n) is 5.78. The van der Waals surface area contributed by atoms with Gasteiger partial charge in [-0.15, -0.1) is 0 Å². The topological polar surface area (TPSA) is 35.2 Å². The number of ether oxygens (including phenoxy) is 1. The fraction of sp³-hybridized carbons (Fsp3) is 0.538. The van der Waals surface area contributed by atoms with E-state index in [1.54, 1.807) is 0 Å². The highest BCUT2D eigenvalue weighted by Gasteiger charge is 2.20. The van der Waals surface area contributed by atoms with Crippen molar-refractivity contribution in [3.05, 3.63) is 27.7 Å². The molecule has 1 aromatic rings. The van der Waals surface area contributed by atoms with Crippen molar-refractivity contribution in [1.82, 2.24) is 0 Å². The number of halogens is 1. The number of hydrogen-bond acceptors (Lipinski definition) is 2. The Bertz CT molecular complexity index is 390. The average Bonchev–Trinajstić information content (AvgIpc) is 2.71. The van der Waals surface area contributed by atoms with Crippen LogP contribution in [0.4, 0.5) is 0 Å². The molecule has 16 heavy (non-hydrogen) atoms. The highest BCUT2D eigenvalue weighted by atomic mass is 79.9. The van der Waals surface area contributed by atoms with Crippen molar-refractivity contribution >= 4 is 15.9 Å². The van der Waals surface area contributed by atoms with Crippen molar-refractivity contribution in [1.29, 1.82) is 0 Å². The van der Waals surface area contributed by atoms with Gasteiger partial charge in [0.05, 0.1) is 11.1 Å². The zero-order valence-corrected chi connectivity index (χ0v) is 11.4. The van der Waals surface area contributed by atoms with Crippen molar-refractivity contribution in [3.63, 3.8) is 0 Å². The van der Waals surface area contributed by atoms with Crippen LogP contribution in [0.15, 0.2) is 16.6 Å². The van der Waals surface area contributed by atoms with E-state index in [0.29, 0.717) is 5.92 Å². The van der Waals surface area contributed by atoms with Crippen LogP contribution in [0.3, 0.4) is 0 Å². The van der Waals surface area contributed by atoms with Crippen LogP contribution in [-0.4, -0.2) is 12.6 Å². The predicted octanol–water partition coefficient (Wildman–Crippen LogP) is 2.91. The number of benzene rings is 1. The average molecular weight is 284 g/mol. The van der Waals surface area contributed by atoms with E-state index in [9.17, 15) is 0 Å². The lowest BCUT2D eigenvalue weighted by Gasteiger charge is -2.17. The van der Waals surface area contributed by atoms with Gasteiger partial charge in [0.2, 0.25) is 0 Å². The summed E-state index contributed by atoms with van der Waals surface area (Å²) < 4.78 is 6.68. The second-order valence-corrected chi connectivity index (χ2v) is 5.58. The molecule has 1 aliphatic rings. The Balaban J connectivity index is 2.26. The summed E-state index contributed by atoms with van der Waals surface area (Å²) in [7, 11) is 0. The fourth-order valence-electron chi connectivity index (χ4n) is 2.01. The van der Waals surface area contributed by atoms with E-state index in [0.717, 1.165) is 29.7 Å². The van der Waals surface area contributed by atoms with Gasteiger partial charge in [-0.25, -0.2) is 0 Å². The molecular weight excluding hydrogens is 266 g/mol. The molecule has 0 aliphatic carbocycles. The van der Waals surface area contributed by atoms with Gasteiger partial charge in [0, 0.05) is 18.0 Å². The number of nitrogens with two attached hydrogens (primary N) is 1. The van der Waals surface area contributed by atoms with Gasteiger partial charge in [-0.1, -0.05) is 19.9 Å². The third-order valence-electron chi connectivity index (χ3n) is 3.22. The van der Waals surface area contributed by atoms with Crippen molar-refractivity contribution < 1.29 is 4.74 Å². The summed E-state index contributed by atoms with van der Waals surface area (Å²) in [6, 6.07) is 4.46. The summed E-state index contributed by atoms with van der Waals surface area (Å²) in [5.41, 5.74) is 8.81. The molecule has 1 unspecified atom stereocenters. The van der Waals surface area contributed by atoms with Crippen LogP contribution in [0.5, 0.6) is 5.75 Å². The first-order valence-corrected chi connectivity index (χ1v) is 6.57. The summed E-state index contributed by atoms with van der Waals surface area (Å²) in [6.07, 6.45) is 1.95. The van der Waals surface area contributed by atoms with Crippen LogP contribution in [-0.2, 0) is 12.8 Å². The van der Waals surface area contributed by atoms with E-state index in [1.807, 2.05) is 0 Å². The van der Waals surface area contributed by atoms with Gasteiger partial charge in [0.25, 0.3) is 0 Å². The molecule has 0 saturated heterocycles. The minimum atomic E-state index is 0.228. The first-order chi connectivity index (χ1) is 7.59. The molecule has 1 aliphatic heterocycles. The molecule has 2 nitrogen and oxygen atoms in total. The Morgan fingerprint density at radius 3 is 2.88 bits per heavy atom. The summed E-state index contributed by atoms with van der Waals surface area (Å²) in [5, 5.41) is 0. The van der Waals surface area contributed by atoms with Crippen LogP contribution in [0.25, 0.3) is 0 Å². The van der Waals surface area contributed by atoms with Crippen molar-refractivity contribution in [3.8, 4) is 5.75 Å². The minimum absolute atomic E-state index is 0.228. The van der Waals surface area contributed by atoms with Gasteiger partial charge >= 0.3 is 0 Å². The summed E-state index contributed by atoms with van der Waals surface area (Å²) in [6.45, 7) is 5.13. The molecular formula is C13H18BrNO. The van der Waals surface area contributed by atoms with E-state index < -0.39 is 0 Å². The summed E-state index contributed by atoms with van der Waals surface area (Å²) in [5.74, 6) is 1.54. The zero-order chi connectivity index (χ0) is 11.7. The third kappa shape index (κ3) is 2.25. The molecule has 0 saturated carbocycles. The van der Waals surface area contributed by atoms with Gasteiger partial charge in [-0.05, 0) is 39.9 Å². The number of hydrogen-bond donors (Lipinski definition) is 1. The molecule has 1 atom stereocenters. The molecule has 3 heteroatoms. The van der Waals surface area contributed by atoms with E-state index >= 15 is 0 Å². The highest BCUT2D eigenvalue weighted by molar-refractivity contribution is 9.10. The van der Waals surface area contributed by atoms with E-state index in [2.05, 4.69) is 41.9 Å². The Hall–Kier alpha value is -0.540. The lowest BCUT2D eigenvalue weighted by molar-refractivity contribution is 0.355. The lowest BCUT2D eigenvalue weighted by Crippen LogP contribution is -2.29. The lowest BCUT2D eigenvalue weighted by atomic mass is 9.93. The zero-order valence-electron chi connectivity index (χ0n) is 9.79. The molecule has 0 radical (unpaired) electrons. The van der Waals surface area contributed by atoms with Crippen molar-refractivity contribution in [2.24, 2.45) is 11.7 Å². The number of fused-ring (bicyclic) bond motifs is 1. The fourth-order valence-corrected chi connectivity index (χ4v) is 2.49. The normalized spacial score (nSPS) is 16.1. The molecule has 0 fully saturated rings. The highest BCUT2D eigenvalue weighted by Crippen LogP contribution is 2.36. The van der Waals surface area contributed by atoms with E-state index in [-0.39, 0.29) is 6.04 Å². The molecule has 2 N–H and O–H groups in total. The van der Waals surface area contributed by atoms with E-state index in [1.165, 1.54) is 11.1 Å². The number of rotatable bonds is 3. The van der Waals surface area contributed by atoms with Crippen LogP contribution in [0.1, 0.15) is 25.0 Å². The van der Waals surface area contributed by atoms with Crippen LogP contribution in [0.2, 0.25) is 0 Å². The molecule has 0 spiro atoms. The molecule has 1 heterocycles. The summed E-state index contributed by atoms with van der Waals surface area (Å²) >= 11 is 3.52. The minimum Gasteiger partial charge on any atom is -0.492 e. The van der Waals surface area contributed by atoms with Gasteiger partial charge in [-0.2, -0.15) is 0 Å². The maximum absolute atomic E-state index is 6.13. The Morgan fingerprint density at radius 2 is 2.19 bits per heavy atom. The van der Waals surface area contributed by atoms with Crippen LogP contribution < -0.4 is 10.5 Å². The Kier molecular flexibility index (Phi) is 3.55. The molecule has 88 valence electrons. The van der Waals surface area contributed by atoms with E-state index in [4.69, 9.17) is 10.5 Å². The Labute approximate surface area is 105 Å². The smallest absolute Gasteiger partial charge is 0.137 e. The van der Waals surface area contributed by atoms with Gasteiger partial charge in [-0.3, -0.25) is 0 Å². The van der Waals surface area contributed by atoms with Gasteiger partial charge < -0.3 is 10.5 Å². The standard InChI is InChI=1S/C13H18BrNO/c1-8(2)12(15)7-9-3-4-11(14)13-10(9)5-6-16-13/h3-4,8,12H,5-7,15H2,1-2H3. The van der Waals surface area contributed by atoms with Crippen LogP contribution >= 0.6 is 15.9 Å². The largest absolute Gasteiger partial charge is 0.492 e. The molecule has 2 rings (SSSR count). The second-order valence-electron chi connectivity index (χ2n) is 4.72. The monoisotopic (exact) mass is 283 g/mol. The van der Waals surface area contributed by atoms with Crippen molar-refractivity contribution in [2.45, 2.75) is 32.7 Å². The molecule has 1 aromatic carbocycles. The SMILES string of the molecule is CC(C)C(N)Cc1ccc(Br)c2c1CCO2. The molecule has 0 bridgehead atoms. The van der Waals surface area contributed by atoms with Crippen LogP contribution in [0, 0.1) is 5.92 Å². The third-order valence-corrected chi connectivity index (χ3v) is 3.84. The quantitative estimate of drug-likeness (QED) is 0.926. The summed E-state index contributed by atoms with van der Waals surface area (Å²) in [4.78, 5) is 0. The van der Waals surface area contributed by atoms with Crippen molar-refractivity contribution in [2.75, 3.05) is 6.61 Å². The molecule has 0 amide bonds. The first kappa shape index (κ1) is 11.9. The maximum atomic E-state index is 6.13. The Morgan fingerprint density at radius 1 is 1.44 bits per heavy atom. The van der Waals surface area contributed by atoms with Gasteiger partial charge in [0.1, 0.15) is 5.75 Å². The molecule has 0 aromatic heterocycles. The predicted molar refractivity (Wildman–Crippen MR) is 69.9 cm³/mol.